The van der Waals surface area contributed by atoms with Crippen LogP contribution in [0.1, 0.15) is 71.3 Å². The minimum atomic E-state index is 0.314. The molecule has 0 saturated carbocycles. The van der Waals surface area contributed by atoms with E-state index in [2.05, 4.69) is 33.0 Å². The third kappa shape index (κ3) is 7.71. The molecule has 116 valence electrons. The highest BCUT2D eigenvalue weighted by Gasteiger charge is 2.06. The Hall–Kier alpha value is -0.800. The molecule has 1 atom stereocenters. The predicted molar refractivity (Wildman–Crippen MR) is 83.7 cm³/mol. The summed E-state index contributed by atoms with van der Waals surface area (Å²) in [6.45, 7) is 10.0. The molecule has 0 amide bonds. The molecule has 0 bridgehead atoms. The van der Waals surface area contributed by atoms with E-state index in [1.807, 2.05) is 12.1 Å². The Morgan fingerprint density at radius 2 is 1.85 bits per heavy atom. The summed E-state index contributed by atoms with van der Waals surface area (Å²) in [6.07, 6.45) is 6.65. The summed E-state index contributed by atoms with van der Waals surface area (Å²) >= 11 is 0. The van der Waals surface area contributed by atoms with Gasteiger partial charge in [0.15, 0.2) is 0 Å². The lowest BCUT2D eigenvalue weighted by Gasteiger charge is -2.11. The number of unbranched alkanes of at least 4 members (excludes halogenated alkanes) is 3. The Balaban J connectivity index is 2.17. The fourth-order valence-corrected chi connectivity index (χ4v) is 2.07. The molecule has 1 heterocycles. The Labute approximate surface area is 124 Å². The number of hydrogen-bond donors (Lipinski definition) is 1. The highest BCUT2D eigenvalue weighted by molar-refractivity contribution is 5.06. The predicted octanol–water partition coefficient (Wildman–Crippen LogP) is 4.65. The zero-order valence-electron chi connectivity index (χ0n) is 13.6. The highest BCUT2D eigenvalue weighted by atomic mass is 16.5. The van der Waals surface area contributed by atoms with Crippen molar-refractivity contribution in [3.8, 4) is 0 Å². The molecule has 1 rings (SSSR count). The summed E-state index contributed by atoms with van der Waals surface area (Å²) in [5.41, 5.74) is 0. The molecule has 0 aliphatic heterocycles. The molecule has 0 saturated heterocycles. The van der Waals surface area contributed by atoms with Crippen molar-refractivity contribution in [1.29, 1.82) is 0 Å². The lowest BCUT2D eigenvalue weighted by Crippen LogP contribution is -2.21. The summed E-state index contributed by atoms with van der Waals surface area (Å²) in [4.78, 5) is 0. The van der Waals surface area contributed by atoms with Crippen molar-refractivity contribution >= 4 is 0 Å². The quantitative estimate of drug-likeness (QED) is 0.599. The van der Waals surface area contributed by atoms with Crippen molar-refractivity contribution in [2.24, 2.45) is 0 Å². The molecule has 3 nitrogen and oxygen atoms in total. The minimum Gasteiger partial charge on any atom is -0.462 e. The van der Waals surface area contributed by atoms with Gasteiger partial charge in [0.1, 0.15) is 18.1 Å². The molecule has 0 spiro atoms. The molecular weight excluding hydrogens is 250 g/mol. The molecule has 0 fully saturated rings. The van der Waals surface area contributed by atoms with Gasteiger partial charge in [-0.2, -0.15) is 0 Å². The Morgan fingerprint density at radius 3 is 2.55 bits per heavy atom. The lowest BCUT2D eigenvalue weighted by molar-refractivity contribution is 0.0355. The van der Waals surface area contributed by atoms with Crippen LogP contribution in [0.15, 0.2) is 16.5 Å². The van der Waals surface area contributed by atoms with E-state index in [9.17, 15) is 0 Å². The molecule has 1 aromatic rings. The van der Waals surface area contributed by atoms with Crippen molar-refractivity contribution in [3.05, 3.63) is 23.7 Å². The van der Waals surface area contributed by atoms with Gasteiger partial charge in [-0.05, 0) is 25.5 Å². The Morgan fingerprint density at radius 1 is 1.10 bits per heavy atom. The van der Waals surface area contributed by atoms with Gasteiger partial charge in [-0.3, -0.25) is 0 Å². The average Bonchev–Trinajstić information content (AvgIpc) is 2.87. The van der Waals surface area contributed by atoms with Crippen molar-refractivity contribution in [2.75, 3.05) is 0 Å². The van der Waals surface area contributed by atoms with E-state index >= 15 is 0 Å². The molecular formula is C17H31NO2. The van der Waals surface area contributed by atoms with Crippen LogP contribution in [0.25, 0.3) is 0 Å². The van der Waals surface area contributed by atoms with Gasteiger partial charge in [-0.1, -0.05) is 46.5 Å². The smallest absolute Gasteiger partial charge is 0.129 e. The first kappa shape index (κ1) is 17.3. The second-order valence-corrected chi connectivity index (χ2v) is 5.87. The van der Waals surface area contributed by atoms with Gasteiger partial charge >= 0.3 is 0 Å². The van der Waals surface area contributed by atoms with Crippen molar-refractivity contribution < 1.29 is 9.15 Å². The monoisotopic (exact) mass is 281 g/mol. The van der Waals surface area contributed by atoms with E-state index in [1.165, 1.54) is 25.7 Å². The zero-order valence-corrected chi connectivity index (χ0v) is 13.6. The Kier molecular flexibility index (Phi) is 8.63. The largest absolute Gasteiger partial charge is 0.462 e. The van der Waals surface area contributed by atoms with Gasteiger partial charge in [0, 0.05) is 6.04 Å². The van der Waals surface area contributed by atoms with Crippen LogP contribution in [-0.4, -0.2) is 12.1 Å². The SMILES string of the molecule is CCCCCCC(C)OCc1ccc(CNC(C)C)o1. The molecule has 0 aliphatic rings. The first-order valence-electron chi connectivity index (χ1n) is 8.04. The second-order valence-electron chi connectivity index (χ2n) is 5.87. The van der Waals surface area contributed by atoms with Gasteiger partial charge in [-0.25, -0.2) is 0 Å². The lowest BCUT2D eigenvalue weighted by atomic mass is 10.1. The maximum atomic E-state index is 5.83. The number of nitrogens with one attached hydrogen (secondary N) is 1. The number of rotatable bonds is 11. The van der Waals surface area contributed by atoms with Crippen LogP contribution in [-0.2, 0) is 17.9 Å². The minimum absolute atomic E-state index is 0.314. The van der Waals surface area contributed by atoms with Crippen molar-refractivity contribution in [3.63, 3.8) is 0 Å². The summed E-state index contributed by atoms with van der Waals surface area (Å²) in [5, 5.41) is 3.35. The summed E-state index contributed by atoms with van der Waals surface area (Å²) in [5.74, 6) is 1.90. The fraction of sp³-hybridized carbons (Fsp3) is 0.765. The molecule has 1 N–H and O–H groups in total. The topological polar surface area (TPSA) is 34.4 Å². The van der Waals surface area contributed by atoms with Crippen LogP contribution < -0.4 is 5.32 Å². The zero-order chi connectivity index (χ0) is 14.8. The van der Waals surface area contributed by atoms with Gasteiger partial charge in [0.2, 0.25) is 0 Å². The number of furan rings is 1. The standard InChI is InChI=1S/C17H31NO2/c1-5-6-7-8-9-15(4)19-13-17-11-10-16(20-17)12-18-14(2)3/h10-11,14-15,18H,5-9,12-13H2,1-4H3. The second kappa shape index (κ2) is 10.0. The van der Waals surface area contributed by atoms with Gasteiger partial charge in [0.05, 0.1) is 12.6 Å². The first-order chi connectivity index (χ1) is 9.61. The normalized spacial score (nSPS) is 13.1. The maximum Gasteiger partial charge on any atom is 0.129 e. The van der Waals surface area contributed by atoms with E-state index in [4.69, 9.17) is 9.15 Å². The van der Waals surface area contributed by atoms with Crippen LogP contribution in [0, 0.1) is 0 Å². The average molecular weight is 281 g/mol. The third-order valence-electron chi connectivity index (χ3n) is 3.38. The molecule has 20 heavy (non-hydrogen) atoms. The fourth-order valence-electron chi connectivity index (χ4n) is 2.07. The van der Waals surface area contributed by atoms with Crippen LogP contribution in [0.4, 0.5) is 0 Å². The van der Waals surface area contributed by atoms with E-state index in [0.717, 1.165) is 24.5 Å². The van der Waals surface area contributed by atoms with E-state index < -0.39 is 0 Å². The van der Waals surface area contributed by atoms with Crippen LogP contribution in [0.2, 0.25) is 0 Å². The Bertz CT molecular complexity index is 347. The first-order valence-corrected chi connectivity index (χ1v) is 8.04. The van der Waals surface area contributed by atoms with E-state index in [-0.39, 0.29) is 0 Å². The third-order valence-corrected chi connectivity index (χ3v) is 3.38. The highest BCUT2D eigenvalue weighted by Crippen LogP contribution is 2.13. The van der Waals surface area contributed by atoms with Gasteiger partial charge in [-0.15, -0.1) is 0 Å². The molecule has 3 heteroatoms. The van der Waals surface area contributed by atoms with Crippen molar-refractivity contribution in [2.45, 2.75) is 85.1 Å². The molecule has 0 radical (unpaired) electrons. The molecule has 1 aromatic heterocycles. The van der Waals surface area contributed by atoms with E-state index in [1.54, 1.807) is 0 Å². The molecule has 0 aromatic carbocycles. The van der Waals surface area contributed by atoms with Gasteiger partial charge < -0.3 is 14.5 Å². The van der Waals surface area contributed by atoms with Crippen LogP contribution >= 0.6 is 0 Å². The maximum absolute atomic E-state index is 5.83. The summed E-state index contributed by atoms with van der Waals surface area (Å²) < 4.78 is 11.6. The van der Waals surface area contributed by atoms with E-state index in [0.29, 0.717) is 18.8 Å². The number of hydrogen-bond acceptors (Lipinski definition) is 3. The summed E-state index contributed by atoms with van der Waals surface area (Å²) in [7, 11) is 0. The molecule has 0 aliphatic carbocycles. The van der Waals surface area contributed by atoms with Crippen LogP contribution in [0.5, 0.6) is 0 Å². The van der Waals surface area contributed by atoms with Crippen LogP contribution in [0.3, 0.4) is 0 Å². The van der Waals surface area contributed by atoms with Crippen molar-refractivity contribution in [1.82, 2.24) is 5.32 Å². The molecule has 1 unspecified atom stereocenters. The van der Waals surface area contributed by atoms with Gasteiger partial charge in [0.25, 0.3) is 0 Å². The summed E-state index contributed by atoms with van der Waals surface area (Å²) in [6, 6.07) is 4.52. The number of ether oxygens (including phenoxy) is 1.